The van der Waals surface area contributed by atoms with Crippen molar-refractivity contribution in [2.75, 3.05) is 13.2 Å². The van der Waals surface area contributed by atoms with Crippen LogP contribution in [0.5, 0.6) is 0 Å². The minimum Gasteiger partial charge on any atom is -0.393 e. The molecule has 21 heavy (non-hydrogen) atoms. The highest BCUT2D eigenvalue weighted by atomic mass is 16.7. The summed E-state index contributed by atoms with van der Waals surface area (Å²) < 4.78 is 12.3. The molecule has 2 saturated carbocycles. The van der Waals surface area contributed by atoms with E-state index < -0.39 is 0 Å². The van der Waals surface area contributed by atoms with Crippen LogP contribution < -0.4 is 0 Å². The number of allylic oxidation sites excluding steroid dienone is 2. The SMILES string of the molecule is CC(C)=CC[C@@H]1[C@H]2CC3(C[C@H]2C[C@H]1O)OCC(C)(C)CO3. The third-order valence-electron chi connectivity index (χ3n) is 5.56. The van der Waals surface area contributed by atoms with Gasteiger partial charge in [0.05, 0.1) is 19.3 Å². The molecule has 1 saturated heterocycles. The van der Waals surface area contributed by atoms with Gasteiger partial charge in [-0.05, 0) is 44.4 Å². The molecule has 3 aliphatic rings. The van der Waals surface area contributed by atoms with Crippen LogP contribution in [-0.2, 0) is 9.47 Å². The molecule has 0 radical (unpaired) electrons. The highest BCUT2D eigenvalue weighted by Gasteiger charge is 2.56. The summed E-state index contributed by atoms with van der Waals surface area (Å²) in [7, 11) is 0. The largest absolute Gasteiger partial charge is 0.393 e. The van der Waals surface area contributed by atoms with Gasteiger partial charge in [0, 0.05) is 18.3 Å². The Morgan fingerprint density at radius 2 is 1.86 bits per heavy atom. The second-order valence-electron chi connectivity index (χ2n) is 8.47. The van der Waals surface area contributed by atoms with Crippen molar-refractivity contribution in [3.05, 3.63) is 11.6 Å². The molecule has 1 spiro atoms. The zero-order valence-corrected chi connectivity index (χ0v) is 13.9. The summed E-state index contributed by atoms with van der Waals surface area (Å²) in [6, 6.07) is 0. The van der Waals surface area contributed by atoms with E-state index in [2.05, 4.69) is 33.8 Å². The van der Waals surface area contributed by atoms with Gasteiger partial charge in [0.1, 0.15) is 0 Å². The first-order valence-electron chi connectivity index (χ1n) is 8.40. The van der Waals surface area contributed by atoms with Gasteiger partial charge in [-0.15, -0.1) is 0 Å². The van der Waals surface area contributed by atoms with Crippen LogP contribution in [0, 0.1) is 23.2 Å². The van der Waals surface area contributed by atoms with Crippen LogP contribution in [0.3, 0.4) is 0 Å². The number of aliphatic hydroxyl groups is 1. The van der Waals surface area contributed by atoms with Gasteiger partial charge >= 0.3 is 0 Å². The van der Waals surface area contributed by atoms with Gasteiger partial charge in [-0.2, -0.15) is 0 Å². The molecule has 1 N–H and O–H groups in total. The van der Waals surface area contributed by atoms with Crippen molar-refractivity contribution in [3.63, 3.8) is 0 Å². The molecule has 1 heterocycles. The van der Waals surface area contributed by atoms with Crippen molar-refractivity contribution >= 4 is 0 Å². The van der Waals surface area contributed by atoms with Crippen molar-refractivity contribution in [2.24, 2.45) is 23.2 Å². The molecule has 3 fully saturated rings. The van der Waals surface area contributed by atoms with E-state index in [4.69, 9.17) is 9.47 Å². The first-order chi connectivity index (χ1) is 9.80. The highest BCUT2D eigenvalue weighted by molar-refractivity contribution is 5.05. The smallest absolute Gasteiger partial charge is 0.168 e. The Bertz CT molecular complexity index is 412. The normalized spacial score (nSPS) is 40.2. The van der Waals surface area contributed by atoms with E-state index in [1.165, 1.54) is 5.57 Å². The summed E-state index contributed by atoms with van der Waals surface area (Å²) >= 11 is 0. The Labute approximate surface area is 128 Å². The van der Waals surface area contributed by atoms with Crippen LogP contribution in [0.15, 0.2) is 11.6 Å². The maximum absolute atomic E-state index is 10.4. The average Bonchev–Trinajstić information content (AvgIpc) is 2.85. The number of ether oxygens (including phenoxy) is 2. The zero-order chi connectivity index (χ0) is 15.3. The van der Waals surface area contributed by atoms with Gasteiger partial charge in [0.15, 0.2) is 5.79 Å². The second-order valence-corrected chi connectivity index (χ2v) is 8.47. The Balaban J connectivity index is 1.67. The number of rotatable bonds is 2. The van der Waals surface area contributed by atoms with E-state index in [1.54, 1.807) is 0 Å². The van der Waals surface area contributed by atoms with Crippen LogP contribution in [-0.4, -0.2) is 30.2 Å². The zero-order valence-electron chi connectivity index (χ0n) is 13.9. The third kappa shape index (κ3) is 3.06. The monoisotopic (exact) mass is 294 g/mol. The fraction of sp³-hybridized carbons (Fsp3) is 0.889. The van der Waals surface area contributed by atoms with E-state index in [9.17, 15) is 5.11 Å². The van der Waals surface area contributed by atoms with Gasteiger partial charge < -0.3 is 14.6 Å². The van der Waals surface area contributed by atoms with Gasteiger partial charge in [-0.3, -0.25) is 0 Å². The fourth-order valence-electron chi connectivity index (χ4n) is 4.37. The molecule has 0 unspecified atom stereocenters. The molecule has 1 aliphatic heterocycles. The molecule has 0 bridgehead atoms. The van der Waals surface area contributed by atoms with Crippen LogP contribution >= 0.6 is 0 Å². The summed E-state index contributed by atoms with van der Waals surface area (Å²) in [5.74, 6) is 1.15. The quantitative estimate of drug-likeness (QED) is 0.792. The van der Waals surface area contributed by atoms with Crippen molar-refractivity contribution in [1.82, 2.24) is 0 Å². The topological polar surface area (TPSA) is 38.7 Å². The minimum absolute atomic E-state index is 0.129. The number of hydrogen-bond acceptors (Lipinski definition) is 3. The number of hydrogen-bond donors (Lipinski definition) is 1. The lowest BCUT2D eigenvalue weighted by Crippen LogP contribution is -2.46. The molecule has 2 aliphatic carbocycles. The Morgan fingerprint density at radius 1 is 1.19 bits per heavy atom. The summed E-state index contributed by atoms with van der Waals surface area (Å²) in [4.78, 5) is 0. The van der Waals surface area contributed by atoms with E-state index in [1.807, 2.05) is 0 Å². The maximum atomic E-state index is 10.4. The van der Waals surface area contributed by atoms with Crippen LogP contribution in [0.2, 0.25) is 0 Å². The maximum Gasteiger partial charge on any atom is 0.168 e. The van der Waals surface area contributed by atoms with Gasteiger partial charge in [-0.1, -0.05) is 25.5 Å². The summed E-state index contributed by atoms with van der Waals surface area (Å²) in [5, 5.41) is 10.4. The fourth-order valence-corrected chi connectivity index (χ4v) is 4.37. The molecular formula is C18H30O3. The predicted octanol–water partition coefficient (Wildman–Crippen LogP) is 3.52. The van der Waals surface area contributed by atoms with Gasteiger partial charge in [0.2, 0.25) is 0 Å². The molecule has 4 atom stereocenters. The lowest BCUT2D eigenvalue weighted by molar-refractivity contribution is -0.298. The Kier molecular flexibility index (Phi) is 3.96. The van der Waals surface area contributed by atoms with Gasteiger partial charge in [-0.25, -0.2) is 0 Å². The molecule has 3 heteroatoms. The van der Waals surface area contributed by atoms with Crippen molar-refractivity contribution in [1.29, 1.82) is 0 Å². The lowest BCUT2D eigenvalue weighted by Gasteiger charge is -2.42. The number of aliphatic hydroxyl groups excluding tert-OH is 1. The van der Waals surface area contributed by atoms with Crippen molar-refractivity contribution in [2.45, 2.75) is 65.3 Å². The van der Waals surface area contributed by atoms with Crippen LogP contribution in [0.4, 0.5) is 0 Å². The first-order valence-corrected chi connectivity index (χ1v) is 8.40. The molecule has 3 nitrogen and oxygen atoms in total. The van der Waals surface area contributed by atoms with Gasteiger partial charge in [0.25, 0.3) is 0 Å². The van der Waals surface area contributed by atoms with E-state index >= 15 is 0 Å². The van der Waals surface area contributed by atoms with Crippen molar-refractivity contribution < 1.29 is 14.6 Å². The van der Waals surface area contributed by atoms with Crippen LogP contribution in [0.1, 0.15) is 53.4 Å². The van der Waals surface area contributed by atoms with Crippen molar-refractivity contribution in [3.8, 4) is 0 Å². The summed E-state index contributed by atoms with van der Waals surface area (Å²) in [6.45, 7) is 10.2. The Hall–Kier alpha value is -0.380. The van der Waals surface area contributed by atoms with E-state index in [0.29, 0.717) is 17.8 Å². The first kappa shape index (κ1) is 15.5. The van der Waals surface area contributed by atoms with Crippen LogP contribution in [0.25, 0.3) is 0 Å². The highest BCUT2D eigenvalue weighted by Crippen LogP contribution is 2.55. The van der Waals surface area contributed by atoms with E-state index in [-0.39, 0.29) is 17.3 Å². The third-order valence-corrected chi connectivity index (χ3v) is 5.56. The Morgan fingerprint density at radius 3 is 2.48 bits per heavy atom. The summed E-state index contributed by atoms with van der Waals surface area (Å²) in [6.07, 6.45) is 5.97. The number of fused-ring (bicyclic) bond motifs is 1. The van der Waals surface area contributed by atoms with E-state index in [0.717, 1.165) is 38.9 Å². The lowest BCUT2D eigenvalue weighted by atomic mass is 9.87. The molecule has 120 valence electrons. The predicted molar refractivity (Wildman–Crippen MR) is 82.8 cm³/mol. The molecule has 3 rings (SSSR count). The minimum atomic E-state index is -0.353. The average molecular weight is 294 g/mol. The molecular weight excluding hydrogens is 264 g/mol. The molecule has 0 aromatic rings. The molecule has 0 aromatic heterocycles. The molecule has 0 amide bonds. The molecule has 0 aromatic carbocycles. The standard InChI is InChI=1S/C18H30O3/c1-12(2)5-6-14-15-9-18(8-13(15)7-16(14)19)20-10-17(3,4)11-21-18/h5,13-16,19H,6-11H2,1-4H3/t13-,14-,15+,16-/m1/s1. The second kappa shape index (κ2) is 5.36. The summed E-state index contributed by atoms with van der Waals surface area (Å²) in [5.41, 5.74) is 1.47.